The molecule has 0 aromatic heterocycles. The third-order valence-electron chi connectivity index (χ3n) is 3.29. The molecule has 1 saturated carbocycles. The van der Waals surface area contributed by atoms with Crippen molar-refractivity contribution >= 4 is 11.9 Å². The summed E-state index contributed by atoms with van der Waals surface area (Å²) in [7, 11) is 1.35. The Bertz CT molecular complexity index is 295. The molecule has 5 nitrogen and oxygen atoms in total. The molecule has 0 aromatic carbocycles. The molecule has 1 N–H and O–H groups in total. The van der Waals surface area contributed by atoms with Crippen molar-refractivity contribution in [3.63, 3.8) is 0 Å². The first-order valence-electron chi connectivity index (χ1n) is 6.20. The van der Waals surface area contributed by atoms with Crippen LogP contribution in [0.2, 0.25) is 0 Å². The van der Waals surface area contributed by atoms with Crippen LogP contribution in [0.4, 0.5) is 0 Å². The molecule has 0 unspecified atom stereocenters. The second-order valence-electron chi connectivity index (χ2n) is 4.77. The average molecular weight is 241 g/mol. The second-order valence-corrected chi connectivity index (χ2v) is 4.77. The minimum absolute atomic E-state index is 0.182. The third kappa shape index (κ3) is 3.43. The van der Waals surface area contributed by atoms with E-state index in [0.29, 0.717) is 18.9 Å². The van der Waals surface area contributed by atoms with Gasteiger partial charge in [-0.3, -0.25) is 4.79 Å². The number of rotatable bonds is 5. The zero-order valence-corrected chi connectivity index (χ0v) is 10.1. The summed E-state index contributed by atoms with van der Waals surface area (Å²) in [6.45, 7) is 0.629. The van der Waals surface area contributed by atoms with Gasteiger partial charge in [0.1, 0.15) is 12.1 Å². The van der Waals surface area contributed by atoms with E-state index in [1.165, 1.54) is 7.11 Å². The van der Waals surface area contributed by atoms with Crippen molar-refractivity contribution < 1.29 is 19.1 Å². The number of carbonyl (C=O) groups excluding carboxylic acids is 2. The first kappa shape index (κ1) is 12.4. The molecule has 1 amide bonds. The van der Waals surface area contributed by atoms with Crippen LogP contribution in [0.1, 0.15) is 32.1 Å². The quantitative estimate of drug-likeness (QED) is 0.717. The number of nitrogens with one attached hydrogen (secondary N) is 1. The number of hydrogen-bond donors (Lipinski definition) is 1. The Labute approximate surface area is 101 Å². The maximum absolute atomic E-state index is 11.8. The fraction of sp³-hybridized carbons (Fsp3) is 0.833. The lowest BCUT2D eigenvalue weighted by Crippen LogP contribution is -2.46. The Hall–Kier alpha value is -1.10. The van der Waals surface area contributed by atoms with Crippen molar-refractivity contribution in [2.75, 3.05) is 13.7 Å². The summed E-state index contributed by atoms with van der Waals surface area (Å²) in [5.41, 5.74) is 0. The van der Waals surface area contributed by atoms with E-state index in [9.17, 15) is 9.59 Å². The van der Waals surface area contributed by atoms with E-state index in [2.05, 4.69) is 5.32 Å². The fourth-order valence-electron chi connectivity index (χ4n) is 2.09. The van der Waals surface area contributed by atoms with Gasteiger partial charge in [0, 0.05) is 6.61 Å². The zero-order valence-electron chi connectivity index (χ0n) is 10.1. The van der Waals surface area contributed by atoms with Crippen LogP contribution in [0.5, 0.6) is 0 Å². The first-order chi connectivity index (χ1) is 8.20. The van der Waals surface area contributed by atoms with Crippen LogP contribution in [0.15, 0.2) is 0 Å². The van der Waals surface area contributed by atoms with Crippen molar-refractivity contribution in [3.05, 3.63) is 0 Å². The summed E-state index contributed by atoms with van der Waals surface area (Å²) < 4.78 is 10.00. The Morgan fingerprint density at radius 3 is 2.71 bits per heavy atom. The summed E-state index contributed by atoms with van der Waals surface area (Å²) in [6.07, 6.45) is 4.23. The standard InChI is InChI=1S/C12H19NO4/c1-16-12(15)9(7-8-4-5-8)13-11(14)10-3-2-6-17-10/h8-10H,2-7H2,1H3,(H,13,14)/t9-,10+/m1/s1. The van der Waals surface area contributed by atoms with Gasteiger partial charge < -0.3 is 14.8 Å². The molecule has 0 radical (unpaired) electrons. The molecule has 96 valence electrons. The van der Waals surface area contributed by atoms with Crippen LogP contribution in [-0.4, -0.2) is 37.7 Å². The van der Waals surface area contributed by atoms with Crippen LogP contribution in [0, 0.1) is 5.92 Å². The topological polar surface area (TPSA) is 64.6 Å². The molecule has 0 spiro atoms. The fourth-order valence-corrected chi connectivity index (χ4v) is 2.09. The third-order valence-corrected chi connectivity index (χ3v) is 3.29. The monoisotopic (exact) mass is 241 g/mol. The second kappa shape index (κ2) is 5.49. The van der Waals surface area contributed by atoms with Gasteiger partial charge in [-0.2, -0.15) is 0 Å². The summed E-state index contributed by atoms with van der Waals surface area (Å²) in [6, 6.07) is -0.510. The lowest BCUT2D eigenvalue weighted by Gasteiger charge is -2.18. The highest BCUT2D eigenvalue weighted by Gasteiger charge is 2.33. The van der Waals surface area contributed by atoms with E-state index in [1.807, 2.05) is 0 Å². The molecule has 1 aliphatic heterocycles. The molecule has 0 aromatic rings. The van der Waals surface area contributed by atoms with Gasteiger partial charge in [0.2, 0.25) is 5.91 Å². The normalized spacial score (nSPS) is 25.4. The van der Waals surface area contributed by atoms with Crippen molar-refractivity contribution in [3.8, 4) is 0 Å². The molecule has 17 heavy (non-hydrogen) atoms. The van der Waals surface area contributed by atoms with E-state index >= 15 is 0 Å². The van der Waals surface area contributed by atoms with Crippen molar-refractivity contribution in [2.24, 2.45) is 5.92 Å². The molecule has 1 saturated heterocycles. The summed E-state index contributed by atoms with van der Waals surface area (Å²) in [5.74, 6) is 0.0192. The molecule has 1 aliphatic carbocycles. The van der Waals surface area contributed by atoms with Gasteiger partial charge in [-0.15, -0.1) is 0 Å². The lowest BCUT2D eigenvalue weighted by molar-refractivity contribution is -0.146. The lowest BCUT2D eigenvalue weighted by atomic mass is 10.1. The summed E-state index contributed by atoms with van der Waals surface area (Å²) >= 11 is 0. The molecule has 0 bridgehead atoms. The van der Waals surface area contributed by atoms with E-state index in [0.717, 1.165) is 25.7 Å². The number of carbonyl (C=O) groups is 2. The summed E-state index contributed by atoms with van der Waals surface area (Å²) in [5, 5.41) is 2.74. The van der Waals surface area contributed by atoms with Crippen LogP contribution < -0.4 is 5.32 Å². The van der Waals surface area contributed by atoms with Crippen LogP contribution >= 0.6 is 0 Å². The zero-order chi connectivity index (χ0) is 12.3. The summed E-state index contributed by atoms with van der Waals surface area (Å²) in [4.78, 5) is 23.4. The Balaban J connectivity index is 1.86. The predicted octanol–water partition coefficient (Wildman–Crippen LogP) is 0.623. The Kier molecular flexibility index (Phi) is 3.99. The molecule has 5 heteroatoms. The van der Waals surface area contributed by atoms with Crippen molar-refractivity contribution in [1.82, 2.24) is 5.32 Å². The van der Waals surface area contributed by atoms with E-state index in [1.54, 1.807) is 0 Å². The maximum Gasteiger partial charge on any atom is 0.328 e. The molecule has 2 atom stereocenters. The minimum Gasteiger partial charge on any atom is -0.467 e. The highest BCUT2D eigenvalue weighted by Crippen LogP contribution is 2.33. The van der Waals surface area contributed by atoms with Gasteiger partial charge in [-0.25, -0.2) is 4.79 Å². The van der Waals surface area contributed by atoms with E-state index in [-0.39, 0.29) is 18.0 Å². The van der Waals surface area contributed by atoms with Gasteiger partial charge in [0.15, 0.2) is 0 Å². The van der Waals surface area contributed by atoms with Gasteiger partial charge in [0.25, 0.3) is 0 Å². The van der Waals surface area contributed by atoms with Crippen LogP contribution in [-0.2, 0) is 19.1 Å². The molecule has 2 fully saturated rings. The number of amides is 1. The first-order valence-corrected chi connectivity index (χ1v) is 6.20. The van der Waals surface area contributed by atoms with Gasteiger partial charge >= 0.3 is 5.97 Å². The van der Waals surface area contributed by atoms with E-state index < -0.39 is 6.04 Å². The maximum atomic E-state index is 11.8. The average Bonchev–Trinajstić information content (AvgIpc) is 2.97. The number of esters is 1. The molecular formula is C12H19NO4. The molecular weight excluding hydrogens is 222 g/mol. The van der Waals surface area contributed by atoms with E-state index in [4.69, 9.17) is 9.47 Å². The number of ether oxygens (including phenoxy) is 2. The minimum atomic E-state index is -0.510. The Morgan fingerprint density at radius 1 is 1.41 bits per heavy atom. The Morgan fingerprint density at radius 2 is 2.18 bits per heavy atom. The SMILES string of the molecule is COC(=O)[C@@H](CC1CC1)NC(=O)[C@@H]1CCCO1. The van der Waals surface area contributed by atoms with Crippen molar-refractivity contribution in [2.45, 2.75) is 44.2 Å². The van der Waals surface area contributed by atoms with Gasteiger partial charge in [-0.1, -0.05) is 12.8 Å². The predicted molar refractivity (Wildman–Crippen MR) is 60.3 cm³/mol. The molecule has 2 rings (SSSR count). The van der Waals surface area contributed by atoms with Crippen LogP contribution in [0.3, 0.4) is 0 Å². The molecule has 2 aliphatic rings. The number of methoxy groups -OCH3 is 1. The largest absolute Gasteiger partial charge is 0.467 e. The number of hydrogen-bond acceptors (Lipinski definition) is 4. The van der Waals surface area contributed by atoms with Crippen molar-refractivity contribution in [1.29, 1.82) is 0 Å². The molecule has 1 heterocycles. The highest BCUT2D eigenvalue weighted by atomic mass is 16.5. The highest BCUT2D eigenvalue weighted by molar-refractivity contribution is 5.87. The van der Waals surface area contributed by atoms with Crippen LogP contribution in [0.25, 0.3) is 0 Å². The van der Waals surface area contributed by atoms with Gasteiger partial charge in [-0.05, 0) is 25.2 Å². The smallest absolute Gasteiger partial charge is 0.328 e. The van der Waals surface area contributed by atoms with Gasteiger partial charge in [0.05, 0.1) is 7.11 Å².